The maximum Gasteiger partial charge on any atom is 0.187 e. The molecule has 2 saturated heterocycles. The van der Waals surface area contributed by atoms with Gasteiger partial charge in [-0.3, -0.25) is 0 Å². The van der Waals surface area contributed by atoms with Gasteiger partial charge < -0.3 is 50.0 Å². The van der Waals surface area contributed by atoms with Gasteiger partial charge in [0, 0.05) is 0 Å². The number of aliphatic hydroxyl groups excluding tert-OH is 7. The van der Waals surface area contributed by atoms with E-state index < -0.39 is 74.4 Å². The maximum absolute atomic E-state index is 10.1. The fraction of sp³-hybridized carbons (Fsp3) is 1.00. The molecule has 5 unspecified atom stereocenters. The van der Waals surface area contributed by atoms with Crippen molar-refractivity contribution in [3.05, 3.63) is 0 Å². The van der Waals surface area contributed by atoms with Crippen LogP contribution in [0.15, 0.2) is 0 Å². The smallest absolute Gasteiger partial charge is 0.187 e. The van der Waals surface area contributed by atoms with E-state index in [4.69, 9.17) is 19.3 Å². The van der Waals surface area contributed by atoms with Crippen LogP contribution in [0.5, 0.6) is 0 Å². The van der Waals surface area contributed by atoms with Crippen molar-refractivity contribution in [1.82, 2.24) is 0 Å². The van der Waals surface area contributed by atoms with E-state index in [1.807, 2.05) is 0 Å². The molecule has 0 aromatic rings. The van der Waals surface area contributed by atoms with Gasteiger partial charge in [-0.2, -0.15) is 0 Å². The Balaban J connectivity index is 2.11. The fourth-order valence-corrected chi connectivity index (χ4v) is 2.78. The molecular formula is C13H24O10. The highest BCUT2D eigenvalue weighted by Crippen LogP contribution is 2.28. The molecule has 10 nitrogen and oxygen atoms in total. The zero-order valence-electron chi connectivity index (χ0n) is 12.5. The molecule has 2 aliphatic heterocycles. The summed E-state index contributed by atoms with van der Waals surface area (Å²) in [4.78, 5) is 0. The Morgan fingerprint density at radius 2 is 1.35 bits per heavy atom. The largest absolute Gasteiger partial charge is 0.394 e. The molecule has 2 aliphatic rings. The molecule has 0 bridgehead atoms. The highest BCUT2D eigenvalue weighted by Gasteiger charge is 2.49. The first-order valence-electron chi connectivity index (χ1n) is 7.40. The predicted molar refractivity (Wildman–Crippen MR) is 72.1 cm³/mol. The minimum absolute atomic E-state index is 0.518. The van der Waals surface area contributed by atoms with E-state index in [1.165, 1.54) is 6.92 Å². The van der Waals surface area contributed by atoms with Gasteiger partial charge in [-0.1, -0.05) is 0 Å². The van der Waals surface area contributed by atoms with Crippen molar-refractivity contribution in [2.45, 2.75) is 68.1 Å². The van der Waals surface area contributed by atoms with Crippen molar-refractivity contribution < 1.29 is 50.0 Å². The number of ether oxygens (including phenoxy) is 3. The summed E-state index contributed by atoms with van der Waals surface area (Å²) in [5.41, 5.74) is 0. The summed E-state index contributed by atoms with van der Waals surface area (Å²) in [6.45, 7) is 0.369. The highest BCUT2D eigenvalue weighted by atomic mass is 16.7. The molecule has 0 saturated carbocycles. The first-order valence-corrected chi connectivity index (χ1v) is 7.40. The first-order chi connectivity index (χ1) is 10.8. The van der Waals surface area contributed by atoms with Crippen LogP contribution >= 0.6 is 0 Å². The van der Waals surface area contributed by atoms with Crippen LogP contribution in [0.25, 0.3) is 0 Å². The second-order valence-electron chi connectivity index (χ2n) is 5.84. The van der Waals surface area contributed by atoms with Gasteiger partial charge in [0.05, 0.1) is 19.3 Å². The van der Waals surface area contributed by atoms with Crippen LogP contribution < -0.4 is 0 Å². The summed E-state index contributed by atoms with van der Waals surface area (Å²) in [7, 11) is 0. The molecule has 0 aliphatic carbocycles. The van der Waals surface area contributed by atoms with Gasteiger partial charge >= 0.3 is 0 Å². The molecule has 0 radical (unpaired) electrons. The summed E-state index contributed by atoms with van der Waals surface area (Å²) in [6, 6.07) is 0. The molecule has 0 aromatic carbocycles. The van der Waals surface area contributed by atoms with Gasteiger partial charge in [-0.05, 0) is 6.92 Å². The van der Waals surface area contributed by atoms with Gasteiger partial charge in [0.2, 0.25) is 0 Å². The molecule has 23 heavy (non-hydrogen) atoms. The van der Waals surface area contributed by atoms with Gasteiger partial charge in [-0.15, -0.1) is 0 Å². The molecular weight excluding hydrogens is 316 g/mol. The van der Waals surface area contributed by atoms with Gasteiger partial charge in [0.15, 0.2) is 6.29 Å². The summed E-state index contributed by atoms with van der Waals surface area (Å²) in [5, 5.41) is 67.8. The van der Waals surface area contributed by atoms with Crippen molar-refractivity contribution in [2.75, 3.05) is 13.2 Å². The fourth-order valence-electron chi connectivity index (χ4n) is 2.78. The van der Waals surface area contributed by atoms with Gasteiger partial charge in [-0.25, -0.2) is 0 Å². The van der Waals surface area contributed by atoms with Crippen LogP contribution in [-0.4, -0.2) is 110 Å². The van der Waals surface area contributed by atoms with E-state index in [2.05, 4.69) is 0 Å². The lowest BCUT2D eigenvalue weighted by atomic mass is 9.95. The average molecular weight is 340 g/mol. The lowest BCUT2D eigenvalue weighted by Gasteiger charge is -2.45. The number of aliphatic hydroxyl groups is 7. The minimum atomic E-state index is -1.66. The van der Waals surface area contributed by atoms with Crippen LogP contribution in [0.3, 0.4) is 0 Å². The SMILES string of the molecule is CC1OC(CO)[C@@H](O[C@H]2OC(CO)[C@@H](O)[C@H](O)C2O)[C@H](O)C1O. The topological polar surface area (TPSA) is 169 Å². The van der Waals surface area contributed by atoms with Crippen LogP contribution in [0.2, 0.25) is 0 Å². The molecule has 0 aromatic heterocycles. The van der Waals surface area contributed by atoms with E-state index in [9.17, 15) is 30.6 Å². The maximum atomic E-state index is 10.1. The third kappa shape index (κ3) is 3.66. The molecule has 2 fully saturated rings. The monoisotopic (exact) mass is 340 g/mol. The zero-order valence-corrected chi connectivity index (χ0v) is 12.5. The summed E-state index contributed by atoms with van der Waals surface area (Å²) in [6.07, 6.45) is -13.2. The van der Waals surface area contributed by atoms with Crippen molar-refractivity contribution in [1.29, 1.82) is 0 Å². The van der Waals surface area contributed by atoms with E-state index in [-0.39, 0.29) is 0 Å². The molecule has 10 atom stereocenters. The average Bonchev–Trinajstić information content (AvgIpc) is 2.55. The third-order valence-electron chi connectivity index (χ3n) is 4.24. The Kier molecular flexibility index (Phi) is 6.30. The second-order valence-corrected chi connectivity index (χ2v) is 5.84. The van der Waals surface area contributed by atoms with Crippen LogP contribution in [-0.2, 0) is 14.2 Å². The Morgan fingerprint density at radius 3 is 1.91 bits per heavy atom. The first kappa shape index (κ1) is 18.9. The molecule has 0 amide bonds. The lowest BCUT2D eigenvalue weighted by molar-refractivity contribution is -0.341. The van der Waals surface area contributed by atoms with Crippen molar-refractivity contribution >= 4 is 0 Å². The van der Waals surface area contributed by atoms with E-state index in [1.54, 1.807) is 0 Å². The molecule has 2 rings (SSSR count). The normalized spacial score (nSPS) is 51.7. The highest BCUT2D eigenvalue weighted by molar-refractivity contribution is 4.94. The number of hydrogen-bond acceptors (Lipinski definition) is 10. The molecule has 136 valence electrons. The zero-order chi connectivity index (χ0) is 17.3. The van der Waals surface area contributed by atoms with Crippen LogP contribution in [0.4, 0.5) is 0 Å². The Labute approximate surface area is 132 Å². The van der Waals surface area contributed by atoms with E-state index >= 15 is 0 Å². The van der Waals surface area contributed by atoms with Crippen LogP contribution in [0, 0.1) is 0 Å². The van der Waals surface area contributed by atoms with Gasteiger partial charge in [0.25, 0.3) is 0 Å². The number of rotatable bonds is 4. The number of hydrogen-bond donors (Lipinski definition) is 7. The molecule has 10 heteroatoms. The predicted octanol–water partition coefficient (Wildman–Crippen LogP) is -4.33. The molecule has 7 N–H and O–H groups in total. The van der Waals surface area contributed by atoms with E-state index in [0.717, 1.165) is 0 Å². The Morgan fingerprint density at radius 1 is 0.739 bits per heavy atom. The lowest BCUT2D eigenvalue weighted by Crippen LogP contribution is -2.64. The van der Waals surface area contributed by atoms with E-state index in [0.29, 0.717) is 0 Å². The molecule has 0 spiro atoms. The Hall–Kier alpha value is -0.400. The minimum Gasteiger partial charge on any atom is -0.394 e. The van der Waals surface area contributed by atoms with Crippen molar-refractivity contribution in [3.63, 3.8) is 0 Å². The molecule has 2 heterocycles. The van der Waals surface area contributed by atoms with Gasteiger partial charge in [0.1, 0.15) is 48.8 Å². The summed E-state index contributed by atoms with van der Waals surface area (Å²) < 4.78 is 15.9. The quantitative estimate of drug-likeness (QED) is 0.265. The third-order valence-corrected chi connectivity index (χ3v) is 4.24. The summed E-state index contributed by atoms with van der Waals surface area (Å²) in [5.74, 6) is 0. The standard InChI is InChI=1S/C13H24O10/c1-4-7(16)10(19)12(6(3-15)21-4)23-13-11(20)9(18)8(17)5(2-14)22-13/h4-20H,2-3H2,1H3/t4?,5?,6?,7?,8-,9+,10-,11?,12-,13-/m1/s1. The van der Waals surface area contributed by atoms with Crippen molar-refractivity contribution in [2.24, 2.45) is 0 Å². The van der Waals surface area contributed by atoms with Crippen molar-refractivity contribution in [3.8, 4) is 0 Å². The Bertz CT molecular complexity index is 378. The van der Waals surface area contributed by atoms with Crippen LogP contribution in [0.1, 0.15) is 6.92 Å². The second kappa shape index (κ2) is 7.66. The summed E-state index contributed by atoms with van der Waals surface area (Å²) >= 11 is 0.